The fraction of sp³-hybridized carbons (Fsp3) is 0.526. The minimum atomic E-state index is -0.403. The van der Waals surface area contributed by atoms with Gasteiger partial charge in [0.2, 0.25) is 5.95 Å². The van der Waals surface area contributed by atoms with Crippen molar-refractivity contribution < 1.29 is 14.2 Å². The lowest BCUT2D eigenvalue weighted by molar-refractivity contribution is -0.169. The Bertz CT molecular complexity index is 752. The summed E-state index contributed by atoms with van der Waals surface area (Å²) in [5.74, 6) is 1.72. The van der Waals surface area contributed by atoms with Crippen LogP contribution in [0.2, 0.25) is 0 Å². The topological polar surface area (TPSA) is 81.6 Å². The zero-order valence-electron chi connectivity index (χ0n) is 15.7. The lowest BCUT2D eigenvalue weighted by Gasteiger charge is -2.37. The average molecular weight is 371 g/mol. The van der Waals surface area contributed by atoms with Crippen LogP contribution in [0.5, 0.6) is 5.75 Å². The maximum atomic E-state index is 5.77. The van der Waals surface area contributed by atoms with E-state index in [1.807, 2.05) is 38.1 Å². The molecule has 0 aliphatic carbocycles. The van der Waals surface area contributed by atoms with Crippen LogP contribution in [0, 0.1) is 0 Å². The molecule has 0 bridgehead atoms. The van der Waals surface area contributed by atoms with Crippen LogP contribution in [-0.2, 0) is 9.47 Å². The Kier molecular flexibility index (Phi) is 5.09. The summed E-state index contributed by atoms with van der Waals surface area (Å²) in [6, 6.07) is 7.78. The van der Waals surface area contributed by atoms with E-state index in [0.29, 0.717) is 25.0 Å². The first kappa shape index (κ1) is 17.9. The lowest BCUT2D eigenvalue weighted by Crippen LogP contribution is -2.45. The maximum absolute atomic E-state index is 5.77. The fourth-order valence-electron chi connectivity index (χ4n) is 3.36. The first-order valence-electron chi connectivity index (χ1n) is 9.38. The molecule has 2 aliphatic rings. The molecule has 0 atom stereocenters. The highest BCUT2D eigenvalue weighted by molar-refractivity contribution is 5.57. The molecule has 2 fully saturated rings. The second-order valence-electron chi connectivity index (χ2n) is 7.05. The first-order chi connectivity index (χ1) is 13.1. The van der Waals surface area contributed by atoms with Gasteiger partial charge in [-0.05, 0) is 38.1 Å². The van der Waals surface area contributed by atoms with Gasteiger partial charge < -0.3 is 24.4 Å². The first-order valence-corrected chi connectivity index (χ1v) is 9.38. The molecule has 2 aliphatic heterocycles. The van der Waals surface area contributed by atoms with Gasteiger partial charge in [0.05, 0.1) is 25.5 Å². The summed E-state index contributed by atoms with van der Waals surface area (Å²) in [6.07, 6.45) is 3.40. The van der Waals surface area contributed by atoms with E-state index >= 15 is 0 Å². The molecule has 8 heteroatoms. The minimum absolute atomic E-state index is 0.154. The minimum Gasteiger partial charge on any atom is -0.491 e. The van der Waals surface area contributed by atoms with Crippen molar-refractivity contribution in [2.24, 2.45) is 0 Å². The van der Waals surface area contributed by atoms with Crippen LogP contribution in [0.3, 0.4) is 0 Å². The highest BCUT2D eigenvalue weighted by Crippen LogP contribution is 2.32. The molecule has 2 saturated heterocycles. The molecular formula is C19H25N5O3. The number of ether oxygens (including phenoxy) is 3. The highest BCUT2D eigenvalue weighted by atomic mass is 16.7. The zero-order valence-corrected chi connectivity index (χ0v) is 15.7. The molecule has 144 valence electrons. The summed E-state index contributed by atoms with van der Waals surface area (Å²) < 4.78 is 17.2. The Morgan fingerprint density at radius 3 is 2.48 bits per heavy atom. The number of hydrogen-bond donors (Lipinski definition) is 1. The monoisotopic (exact) mass is 371 g/mol. The predicted octanol–water partition coefficient (Wildman–Crippen LogP) is 2.75. The van der Waals surface area contributed by atoms with Crippen LogP contribution < -0.4 is 15.0 Å². The predicted molar refractivity (Wildman–Crippen MR) is 101 cm³/mol. The average Bonchev–Trinajstić information content (AvgIpc) is 3.12. The Labute approximate surface area is 158 Å². The van der Waals surface area contributed by atoms with E-state index in [4.69, 9.17) is 14.2 Å². The summed E-state index contributed by atoms with van der Waals surface area (Å²) in [6.45, 7) is 6.94. The molecule has 1 N–H and O–H groups in total. The quantitative estimate of drug-likeness (QED) is 0.859. The molecule has 0 saturated carbocycles. The van der Waals surface area contributed by atoms with Crippen LogP contribution in [0.4, 0.5) is 17.5 Å². The van der Waals surface area contributed by atoms with E-state index in [1.54, 1.807) is 6.20 Å². The number of anilines is 3. The van der Waals surface area contributed by atoms with Crippen molar-refractivity contribution in [2.75, 3.05) is 36.5 Å². The molecular weight excluding hydrogens is 346 g/mol. The molecule has 8 nitrogen and oxygen atoms in total. The second-order valence-corrected chi connectivity index (χ2v) is 7.05. The van der Waals surface area contributed by atoms with E-state index < -0.39 is 5.79 Å². The number of hydrogen-bond acceptors (Lipinski definition) is 8. The van der Waals surface area contributed by atoms with E-state index in [-0.39, 0.29) is 6.10 Å². The summed E-state index contributed by atoms with van der Waals surface area (Å²) >= 11 is 0. The standard InChI is InChI=1S/C19H25N5O3/c1-14(2)27-16-5-3-15(4-6-16)21-17-13-20-23-18(22-17)24-9-7-19(8-10-24)25-11-12-26-19/h3-6,13-14H,7-12H2,1-2H3,(H,21,22,23). The number of benzene rings is 1. The van der Waals surface area contributed by atoms with Crippen LogP contribution >= 0.6 is 0 Å². The van der Waals surface area contributed by atoms with Gasteiger partial charge in [0.25, 0.3) is 0 Å². The van der Waals surface area contributed by atoms with Gasteiger partial charge in [0.15, 0.2) is 11.6 Å². The van der Waals surface area contributed by atoms with E-state index in [0.717, 1.165) is 37.4 Å². The smallest absolute Gasteiger partial charge is 0.247 e. The third kappa shape index (κ3) is 4.28. The maximum Gasteiger partial charge on any atom is 0.247 e. The van der Waals surface area contributed by atoms with Crippen LogP contribution in [-0.4, -0.2) is 53.4 Å². The fourth-order valence-corrected chi connectivity index (χ4v) is 3.36. The van der Waals surface area contributed by atoms with Crippen molar-refractivity contribution in [3.63, 3.8) is 0 Å². The Morgan fingerprint density at radius 1 is 1.11 bits per heavy atom. The molecule has 1 aromatic carbocycles. The van der Waals surface area contributed by atoms with Crippen LogP contribution in [0.15, 0.2) is 30.5 Å². The number of aromatic nitrogens is 3. The number of nitrogens with one attached hydrogen (secondary N) is 1. The molecule has 0 radical (unpaired) electrons. The Hall–Kier alpha value is -2.45. The van der Waals surface area contributed by atoms with Gasteiger partial charge in [0.1, 0.15) is 5.75 Å². The molecule has 1 aromatic heterocycles. The van der Waals surface area contributed by atoms with Gasteiger partial charge in [-0.3, -0.25) is 0 Å². The molecule has 2 aromatic rings. The largest absolute Gasteiger partial charge is 0.491 e. The molecule has 1 spiro atoms. The van der Waals surface area contributed by atoms with E-state index in [1.165, 1.54) is 0 Å². The van der Waals surface area contributed by atoms with Crippen LogP contribution in [0.25, 0.3) is 0 Å². The molecule has 0 amide bonds. The summed E-state index contributed by atoms with van der Waals surface area (Å²) in [4.78, 5) is 6.72. The lowest BCUT2D eigenvalue weighted by atomic mass is 10.0. The van der Waals surface area contributed by atoms with Gasteiger partial charge in [-0.15, -0.1) is 5.10 Å². The van der Waals surface area contributed by atoms with Gasteiger partial charge in [-0.1, -0.05) is 0 Å². The van der Waals surface area contributed by atoms with Gasteiger partial charge in [-0.2, -0.15) is 10.1 Å². The van der Waals surface area contributed by atoms with Crippen molar-refractivity contribution in [2.45, 2.75) is 38.6 Å². The number of piperidine rings is 1. The molecule has 4 rings (SSSR count). The highest BCUT2D eigenvalue weighted by Gasteiger charge is 2.40. The summed E-state index contributed by atoms with van der Waals surface area (Å²) in [5, 5.41) is 11.6. The second kappa shape index (κ2) is 7.66. The van der Waals surface area contributed by atoms with Gasteiger partial charge in [0, 0.05) is 31.6 Å². The zero-order chi connectivity index (χ0) is 18.7. The summed E-state index contributed by atoms with van der Waals surface area (Å²) in [5.41, 5.74) is 0.919. The van der Waals surface area contributed by atoms with Crippen LogP contribution in [0.1, 0.15) is 26.7 Å². The van der Waals surface area contributed by atoms with Gasteiger partial charge in [-0.25, -0.2) is 0 Å². The van der Waals surface area contributed by atoms with Gasteiger partial charge >= 0.3 is 0 Å². The van der Waals surface area contributed by atoms with E-state index in [9.17, 15) is 0 Å². The SMILES string of the molecule is CC(C)Oc1ccc(Nc2cnnc(N3CCC4(CC3)OCCO4)n2)cc1. The van der Waals surface area contributed by atoms with E-state index in [2.05, 4.69) is 25.4 Å². The molecule has 27 heavy (non-hydrogen) atoms. The Morgan fingerprint density at radius 2 is 1.81 bits per heavy atom. The van der Waals surface area contributed by atoms with Crippen molar-refractivity contribution in [1.29, 1.82) is 0 Å². The third-order valence-electron chi connectivity index (χ3n) is 4.67. The number of rotatable bonds is 5. The summed E-state index contributed by atoms with van der Waals surface area (Å²) in [7, 11) is 0. The Balaban J connectivity index is 1.39. The van der Waals surface area contributed by atoms with Crippen molar-refractivity contribution in [3.05, 3.63) is 30.5 Å². The normalized spacial score (nSPS) is 18.9. The van der Waals surface area contributed by atoms with Crippen molar-refractivity contribution in [3.8, 4) is 5.75 Å². The van der Waals surface area contributed by atoms with Crippen molar-refractivity contribution in [1.82, 2.24) is 15.2 Å². The third-order valence-corrected chi connectivity index (χ3v) is 4.67. The molecule has 3 heterocycles. The number of nitrogens with zero attached hydrogens (tertiary/aromatic N) is 4. The molecule has 0 unspecified atom stereocenters. The van der Waals surface area contributed by atoms with Crippen molar-refractivity contribution >= 4 is 17.5 Å².